The number of halogens is 4. The van der Waals surface area contributed by atoms with Gasteiger partial charge in [0.05, 0.1) is 0 Å². The van der Waals surface area contributed by atoms with Crippen molar-refractivity contribution in [1.82, 2.24) is 0 Å². The van der Waals surface area contributed by atoms with Gasteiger partial charge in [-0.1, -0.05) is 47.9 Å². The summed E-state index contributed by atoms with van der Waals surface area (Å²) in [4.78, 5) is 0. The molecule has 126 valence electrons. The molecule has 0 aromatic heterocycles. The van der Waals surface area contributed by atoms with Crippen LogP contribution in [0.4, 0.5) is 0 Å². The lowest BCUT2D eigenvalue weighted by Gasteiger charge is -2.02. The molecule has 4 heteroatoms. The first-order valence-corrected chi connectivity index (χ1v) is 10.7. The minimum absolute atomic E-state index is 0.889. The molecular weight excluding hydrogens is 584 g/mol. The van der Waals surface area contributed by atoms with E-state index in [0.29, 0.717) is 0 Å². The second kappa shape index (κ2) is 9.07. The Kier molecular flexibility index (Phi) is 6.79. The van der Waals surface area contributed by atoms with Crippen LogP contribution >= 0.6 is 63.7 Å². The third kappa shape index (κ3) is 4.90. The van der Waals surface area contributed by atoms with E-state index in [1.54, 1.807) is 0 Å². The molecule has 0 atom stereocenters. The molecule has 0 unspecified atom stereocenters. The highest BCUT2D eigenvalue weighted by atomic mass is 79.9. The van der Waals surface area contributed by atoms with Crippen LogP contribution in [0.5, 0.6) is 0 Å². The van der Waals surface area contributed by atoms with Gasteiger partial charge in [-0.3, -0.25) is 0 Å². The average Bonchev–Trinajstić information content (AvgIpc) is 2.62. The van der Waals surface area contributed by atoms with Crippen molar-refractivity contribution in [2.45, 2.75) is 0 Å². The van der Waals surface area contributed by atoms with Crippen molar-refractivity contribution >= 4 is 63.7 Å². The van der Waals surface area contributed by atoms with Crippen LogP contribution in [0.3, 0.4) is 0 Å². The lowest BCUT2D eigenvalue weighted by atomic mass is 10.1. The zero-order valence-corrected chi connectivity index (χ0v) is 19.6. The van der Waals surface area contributed by atoms with E-state index < -0.39 is 0 Å². The lowest BCUT2D eigenvalue weighted by molar-refractivity contribution is 1.50. The molecule has 0 radical (unpaired) electrons. The largest absolute Gasteiger partial charge is 0.0611 e. The van der Waals surface area contributed by atoms with Crippen LogP contribution in [0.1, 0.15) is 22.3 Å². The summed E-state index contributed by atoms with van der Waals surface area (Å²) in [6, 6.07) is 19.8. The van der Waals surface area contributed by atoms with Crippen LogP contribution in [0.2, 0.25) is 0 Å². The zero-order chi connectivity index (χ0) is 18.5. The molecule has 0 nitrogen and oxygen atoms in total. The fourth-order valence-corrected chi connectivity index (χ4v) is 4.10. The quantitative estimate of drug-likeness (QED) is 0.236. The third-order valence-electron chi connectivity index (χ3n) is 3.47. The zero-order valence-electron chi connectivity index (χ0n) is 13.3. The van der Waals surface area contributed by atoms with Gasteiger partial charge in [0.25, 0.3) is 0 Å². The van der Waals surface area contributed by atoms with Gasteiger partial charge < -0.3 is 0 Å². The van der Waals surface area contributed by atoms with Crippen LogP contribution in [0.15, 0.2) is 78.6 Å². The Bertz CT molecular complexity index is 1010. The van der Waals surface area contributed by atoms with E-state index in [-0.39, 0.29) is 0 Å². The fraction of sp³-hybridized carbons (Fsp3) is 0. The molecule has 0 amide bonds. The molecule has 3 aromatic rings. The summed E-state index contributed by atoms with van der Waals surface area (Å²) in [7, 11) is 0. The summed E-state index contributed by atoms with van der Waals surface area (Å²) in [5, 5.41) is 0. The number of benzene rings is 3. The van der Waals surface area contributed by atoms with E-state index in [1.165, 1.54) is 0 Å². The van der Waals surface area contributed by atoms with Crippen molar-refractivity contribution < 1.29 is 0 Å². The van der Waals surface area contributed by atoms with Gasteiger partial charge in [-0.05, 0) is 100 Å². The predicted molar refractivity (Wildman–Crippen MR) is 122 cm³/mol. The minimum Gasteiger partial charge on any atom is -0.0611 e. The monoisotopic (exact) mass is 590 g/mol. The lowest BCUT2D eigenvalue weighted by Crippen LogP contribution is -1.86. The molecule has 0 fully saturated rings. The summed E-state index contributed by atoms with van der Waals surface area (Å²) in [6.07, 6.45) is 0. The van der Waals surface area contributed by atoms with Crippen molar-refractivity contribution in [2.75, 3.05) is 0 Å². The Balaban J connectivity index is 1.99. The Morgan fingerprint density at radius 3 is 1.23 bits per heavy atom. The molecule has 0 aliphatic heterocycles. The van der Waals surface area contributed by atoms with Gasteiger partial charge >= 0.3 is 0 Å². The predicted octanol–water partition coefficient (Wildman–Crippen LogP) is 7.54. The molecule has 3 rings (SSSR count). The van der Waals surface area contributed by atoms with E-state index in [4.69, 9.17) is 0 Å². The van der Waals surface area contributed by atoms with Crippen molar-refractivity contribution in [1.29, 1.82) is 0 Å². The van der Waals surface area contributed by atoms with Gasteiger partial charge in [0, 0.05) is 40.1 Å². The molecular formula is C22H10Br4. The first kappa shape index (κ1) is 19.5. The van der Waals surface area contributed by atoms with Crippen LogP contribution in [0, 0.1) is 23.7 Å². The number of rotatable bonds is 0. The maximum atomic E-state index is 3.58. The van der Waals surface area contributed by atoms with Gasteiger partial charge in [0.2, 0.25) is 0 Å². The summed E-state index contributed by atoms with van der Waals surface area (Å²) in [6.45, 7) is 0. The van der Waals surface area contributed by atoms with E-state index >= 15 is 0 Å². The second-order valence-corrected chi connectivity index (χ2v) is 8.69. The van der Waals surface area contributed by atoms with Crippen LogP contribution in [0.25, 0.3) is 0 Å². The average molecular weight is 594 g/mol. The Morgan fingerprint density at radius 1 is 0.423 bits per heavy atom. The Morgan fingerprint density at radius 2 is 0.808 bits per heavy atom. The minimum atomic E-state index is 0.889. The summed E-state index contributed by atoms with van der Waals surface area (Å²) >= 11 is 14.2. The van der Waals surface area contributed by atoms with Crippen molar-refractivity contribution in [3.8, 4) is 23.7 Å². The van der Waals surface area contributed by atoms with Crippen molar-refractivity contribution in [2.24, 2.45) is 0 Å². The van der Waals surface area contributed by atoms with E-state index in [2.05, 4.69) is 87.4 Å². The molecule has 0 heterocycles. The highest BCUT2D eigenvalue weighted by molar-refractivity contribution is 9.11. The Hall–Kier alpha value is -1.30. The number of hydrogen-bond acceptors (Lipinski definition) is 0. The highest BCUT2D eigenvalue weighted by Gasteiger charge is 2.04. The van der Waals surface area contributed by atoms with Gasteiger partial charge in [-0.2, -0.15) is 0 Å². The molecule has 26 heavy (non-hydrogen) atoms. The topological polar surface area (TPSA) is 0 Å². The molecule has 0 aliphatic carbocycles. The third-order valence-corrected chi connectivity index (χ3v) is 6.16. The molecule has 3 aromatic carbocycles. The van der Waals surface area contributed by atoms with Gasteiger partial charge in [0.15, 0.2) is 0 Å². The molecule has 0 N–H and O–H groups in total. The highest BCUT2D eigenvalue weighted by Crippen LogP contribution is 2.26. The van der Waals surface area contributed by atoms with Gasteiger partial charge in [0.1, 0.15) is 0 Å². The Labute approximate surface area is 186 Å². The smallest absolute Gasteiger partial charge is 0.0404 e. The van der Waals surface area contributed by atoms with E-state index in [0.717, 1.165) is 40.1 Å². The fourth-order valence-electron chi connectivity index (χ4n) is 2.14. The van der Waals surface area contributed by atoms with E-state index in [1.807, 2.05) is 60.7 Å². The molecule has 0 saturated carbocycles. The molecule has 0 bridgehead atoms. The van der Waals surface area contributed by atoms with E-state index in [9.17, 15) is 0 Å². The van der Waals surface area contributed by atoms with Gasteiger partial charge in [-0.15, -0.1) is 0 Å². The maximum Gasteiger partial charge on any atom is 0.0404 e. The van der Waals surface area contributed by atoms with Crippen LogP contribution < -0.4 is 0 Å². The van der Waals surface area contributed by atoms with Gasteiger partial charge in [-0.25, -0.2) is 0 Å². The summed E-state index contributed by atoms with van der Waals surface area (Å²) in [5.74, 6) is 12.8. The summed E-state index contributed by atoms with van der Waals surface area (Å²) < 4.78 is 3.81. The van der Waals surface area contributed by atoms with Crippen LogP contribution in [-0.2, 0) is 0 Å². The van der Waals surface area contributed by atoms with Crippen molar-refractivity contribution in [3.63, 3.8) is 0 Å². The maximum absolute atomic E-state index is 3.58. The normalized spacial score (nSPS) is 9.69. The standard InChI is InChI=1S/C22H10Br4/c23-19-7-3-1-5-15(19)9-11-17-13-18(22(26)14-21(17)25)12-10-16-6-2-4-8-20(16)24/h1-8,13-14H. The second-order valence-electron chi connectivity index (χ2n) is 5.27. The van der Waals surface area contributed by atoms with Crippen molar-refractivity contribution in [3.05, 3.63) is 101 Å². The molecule has 0 saturated heterocycles. The molecule has 0 aliphatic rings. The molecule has 0 spiro atoms. The van der Waals surface area contributed by atoms with Crippen LogP contribution in [-0.4, -0.2) is 0 Å². The number of hydrogen-bond donors (Lipinski definition) is 0. The first-order chi connectivity index (χ1) is 12.5. The first-order valence-electron chi connectivity index (χ1n) is 7.57. The summed E-state index contributed by atoms with van der Waals surface area (Å²) in [5.41, 5.74) is 3.67. The SMILES string of the molecule is Brc1ccccc1C#Cc1cc(C#Cc2ccccc2Br)c(Br)cc1Br.